The Hall–Kier alpha value is -2.58. The summed E-state index contributed by atoms with van der Waals surface area (Å²) in [5, 5.41) is 1.01. The number of hydrogen-bond acceptors (Lipinski definition) is 7. The van der Waals surface area contributed by atoms with Gasteiger partial charge in [-0.05, 0) is 63.1 Å². The molecule has 2 aromatic rings. The number of amides is 1. The molecule has 144 valence electrons. The van der Waals surface area contributed by atoms with Gasteiger partial charge in [0, 0.05) is 18.0 Å². The molecule has 1 aliphatic rings. The first-order chi connectivity index (χ1) is 12.7. The van der Waals surface area contributed by atoms with Crippen LogP contribution in [0.3, 0.4) is 0 Å². The second-order valence-electron chi connectivity index (χ2n) is 6.97. The minimum atomic E-state index is -0.610. The maximum absolute atomic E-state index is 12.2. The van der Waals surface area contributed by atoms with Crippen LogP contribution in [0, 0.1) is 0 Å². The lowest BCUT2D eigenvalue weighted by Crippen LogP contribution is -2.41. The molecule has 0 radical (unpaired) electrons. The van der Waals surface area contributed by atoms with Gasteiger partial charge in [-0.2, -0.15) is 0 Å². The summed E-state index contributed by atoms with van der Waals surface area (Å²) in [5.74, 6) is 7.40. The molecule has 0 aromatic heterocycles. The minimum absolute atomic E-state index is 0.245. The third kappa shape index (κ3) is 4.78. The number of hydrogen-bond donors (Lipinski definition) is 1. The van der Waals surface area contributed by atoms with Crippen molar-refractivity contribution in [2.45, 2.75) is 31.3 Å². The number of hydrazine groups is 1. The first-order valence-corrected chi connectivity index (χ1v) is 9.19. The lowest BCUT2D eigenvalue weighted by atomic mass is 10.2. The van der Waals surface area contributed by atoms with E-state index in [1.165, 1.54) is 11.9 Å². The van der Waals surface area contributed by atoms with Crippen molar-refractivity contribution in [1.29, 1.82) is 0 Å². The zero-order chi connectivity index (χ0) is 19.6. The third-order valence-corrected chi connectivity index (χ3v) is 4.60. The number of carbonyl (C=O) groups excluding carboxylic acids is 1. The highest BCUT2D eigenvalue weighted by molar-refractivity contribution is 8.00. The van der Waals surface area contributed by atoms with Crippen molar-refractivity contribution in [1.82, 2.24) is 0 Å². The van der Waals surface area contributed by atoms with E-state index in [0.717, 1.165) is 27.1 Å². The molecule has 0 saturated carbocycles. The molecule has 8 heteroatoms. The molecule has 2 N–H and O–H groups in total. The fraction of sp³-hybridized carbons (Fsp3) is 0.316. The molecule has 0 saturated heterocycles. The number of nitrogens with zero attached hydrogens (tertiary/aromatic N) is 2. The Morgan fingerprint density at radius 2 is 1.85 bits per heavy atom. The summed E-state index contributed by atoms with van der Waals surface area (Å²) in [6.45, 7) is 5.64. The monoisotopic (exact) mass is 389 g/mol. The van der Waals surface area contributed by atoms with Crippen LogP contribution < -0.4 is 24.6 Å². The number of carbonyl (C=O) groups is 1. The molecule has 27 heavy (non-hydrogen) atoms. The number of anilines is 2. The van der Waals surface area contributed by atoms with Crippen LogP contribution in [-0.2, 0) is 4.74 Å². The van der Waals surface area contributed by atoms with Crippen molar-refractivity contribution >= 4 is 29.4 Å². The minimum Gasteiger partial charge on any atom is -0.454 e. The second kappa shape index (κ2) is 7.58. The van der Waals surface area contributed by atoms with Crippen molar-refractivity contribution < 1.29 is 19.0 Å². The third-order valence-electron chi connectivity index (χ3n) is 3.65. The highest BCUT2D eigenvalue weighted by Gasteiger charge is 2.21. The predicted molar refractivity (Wildman–Crippen MR) is 106 cm³/mol. The Labute approximate surface area is 163 Å². The molecular weight excluding hydrogens is 366 g/mol. The Morgan fingerprint density at radius 3 is 2.59 bits per heavy atom. The quantitative estimate of drug-likeness (QED) is 0.364. The number of benzene rings is 2. The average molecular weight is 389 g/mol. The average Bonchev–Trinajstić information content (AvgIpc) is 3.07. The van der Waals surface area contributed by atoms with Gasteiger partial charge in [-0.1, -0.05) is 6.07 Å². The molecule has 0 spiro atoms. The number of ether oxygens (including phenoxy) is 3. The SMILES string of the molecule is CN(Sc1cccc(N(N)C(=O)OC(C)(C)C)c1)c1ccc2c(c1)OCO2. The van der Waals surface area contributed by atoms with Crippen molar-refractivity contribution in [2.75, 3.05) is 23.2 Å². The summed E-state index contributed by atoms with van der Waals surface area (Å²) in [4.78, 5) is 13.1. The van der Waals surface area contributed by atoms with E-state index >= 15 is 0 Å². The van der Waals surface area contributed by atoms with Crippen LogP contribution in [0.15, 0.2) is 47.4 Å². The Morgan fingerprint density at radius 1 is 1.11 bits per heavy atom. The van der Waals surface area contributed by atoms with E-state index in [2.05, 4.69) is 0 Å². The van der Waals surface area contributed by atoms with Crippen molar-refractivity contribution in [3.8, 4) is 11.5 Å². The van der Waals surface area contributed by atoms with Gasteiger partial charge >= 0.3 is 6.09 Å². The van der Waals surface area contributed by atoms with Gasteiger partial charge in [0.15, 0.2) is 11.5 Å². The molecule has 3 rings (SSSR count). The smallest absolute Gasteiger partial charge is 0.429 e. The Bertz CT molecular complexity index is 838. The molecule has 1 aliphatic heterocycles. The summed E-state index contributed by atoms with van der Waals surface area (Å²) in [6.07, 6.45) is -0.603. The normalized spacial score (nSPS) is 12.6. The summed E-state index contributed by atoms with van der Waals surface area (Å²) in [7, 11) is 1.95. The van der Waals surface area contributed by atoms with E-state index in [4.69, 9.17) is 20.1 Å². The van der Waals surface area contributed by atoms with Gasteiger partial charge in [-0.15, -0.1) is 0 Å². The molecule has 0 atom stereocenters. The van der Waals surface area contributed by atoms with Crippen molar-refractivity contribution in [3.63, 3.8) is 0 Å². The van der Waals surface area contributed by atoms with E-state index in [9.17, 15) is 4.79 Å². The van der Waals surface area contributed by atoms with Gasteiger partial charge in [0.05, 0.1) is 11.4 Å². The molecule has 2 aromatic carbocycles. The number of nitrogens with two attached hydrogens (primary N) is 1. The first kappa shape index (κ1) is 19.2. The molecule has 0 unspecified atom stereocenters. The summed E-state index contributed by atoms with van der Waals surface area (Å²) < 4.78 is 18.1. The first-order valence-electron chi connectivity index (χ1n) is 8.42. The van der Waals surface area contributed by atoms with Crippen LogP contribution in [0.25, 0.3) is 0 Å². The molecular formula is C19H23N3O4S. The van der Waals surface area contributed by atoms with Gasteiger partial charge in [0.25, 0.3) is 0 Å². The van der Waals surface area contributed by atoms with Gasteiger partial charge in [-0.25, -0.2) is 15.6 Å². The van der Waals surface area contributed by atoms with Gasteiger partial charge in [0.2, 0.25) is 6.79 Å². The van der Waals surface area contributed by atoms with Gasteiger partial charge in [-0.3, -0.25) is 0 Å². The maximum atomic E-state index is 12.2. The molecule has 0 aliphatic carbocycles. The van der Waals surface area contributed by atoms with E-state index in [1.54, 1.807) is 26.8 Å². The van der Waals surface area contributed by atoms with Gasteiger partial charge < -0.3 is 18.5 Å². The van der Waals surface area contributed by atoms with E-state index in [-0.39, 0.29) is 6.79 Å². The van der Waals surface area contributed by atoms with E-state index in [0.29, 0.717) is 5.69 Å². The van der Waals surface area contributed by atoms with E-state index < -0.39 is 11.7 Å². The molecule has 0 fully saturated rings. The van der Waals surface area contributed by atoms with Crippen LogP contribution in [0.4, 0.5) is 16.2 Å². The van der Waals surface area contributed by atoms with Crippen LogP contribution in [0.5, 0.6) is 11.5 Å². The summed E-state index contributed by atoms with van der Waals surface area (Å²) >= 11 is 1.50. The standard InChI is InChI=1S/C19H23N3O4S/c1-19(2,3)26-18(23)22(20)14-6-5-7-15(10-14)27-21(4)13-8-9-16-17(11-13)25-12-24-16/h5-11H,12,20H2,1-4H3. The van der Waals surface area contributed by atoms with Crippen LogP contribution in [0.2, 0.25) is 0 Å². The fourth-order valence-corrected chi connectivity index (χ4v) is 3.25. The Kier molecular flexibility index (Phi) is 5.38. The molecule has 7 nitrogen and oxygen atoms in total. The Balaban J connectivity index is 1.71. The zero-order valence-electron chi connectivity index (χ0n) is 15.8. The summed E-state index contributed by atoms with van der Waals surface area (Å²) in [5.41, 5.74) is 0.903. The van der Waals surface area contributed by atoms with Crippen molar-refractivity contribution in [3.05, 3.63) is 42.5 Å². The van der Waals surface area contributed by atoms with Crippen LogP contribution in [-0.4, -0.2) is 25.5 Å². The lowest BCUT2D eigenvalue weighted by Gasteiger charge is -2.24. The van der Waals surface area contributed by atoms with Crippen molar-refractivity contribution in [2.24, 2.45) is 5.84 Å². The van der Waals surface area contributed by atoms with Crippen LogP contribution >= 0.6 is 11.9 Å². The predicted octanol–water partition coefficient (Wildman–Crippen LogP) is 4.17. The zero-order valence-corrected chi connectivity index (χ0v) is 16.6. The van der Waals surface area contributed by atoms with E-state index in [1.807, 2.05) is 47.8 Å². The molecule has 0 bridgehead atoms. The highest BCUT2D eigenvalue weighted by atomic mass is 32.2. The topological polar surface area (TPSA) is 77.3 Å². The molecule has 1 amide bonds. The largest absolute Gasteiger partial charge is 0.454 e. The lowest BCUT2D eigenvalue weighted by molar-refractivity contribution is 0.0580. The van der Waals surface area contributed by atoms with Crippen LogP contribution in [0.1, 0.15) is 20.8 Å². The second-order valence-corrected chi connectivity index (χ2v) is 8.18. The highest BCUT2D eigenvalue weighted by Crippen LogP contribution is 2.38. The molecule has 1 heterocycles. The maximum Gasteiger partial charge on any atom is 0.429 e. The summed E-state index contributed by atoms with van der Waals surface area (Å²) in [6, 6.07) is 13.1. The number of rotatable bonds is 4. The number of fused-ring (bicyclic) bond motifs is 1. The fourth-order valence-electron chi connectivity index (χ4n) is 2.40. The van der Waals surface area contributed by atoms with Gasteiger partial charge in [0.1, 0.15) is 5.60 Å².